The maximum Gasteiger partial charge on any atom is 0.223 e. The minimum absolute atomic E-state index is 0.0551. The van der Waals surface area contributed by atoms with Gasteiger partial charge in [0.2, 0.25) is 11.8 Å². The first-order valence-corrected chi connectivity index (χ1v) is 9.98. The van der Waals surface area contributed by atoms with E-state index in [1.807, 2.05) is 43.3 Å². The van der Waals surface area contributed by atoms with E-state index < -0.39 is 0 Å². The van der Waals surface area contributed by atoms with Crippen LogP contribution in [0.2, 0.25) is 0 Å². The van der Waals surface area contributed by atoms with Gasteiger partial charge in [0, 0.05) is 50.9 Å². The molecule has 148 valence electrons. The van der Waals surface area contributed by atoms with Gasteiger partial charge in [-0.1, -0.05) is 29.8 Å². The van der Waals surface area contributed by atoms with E-state index in [0.29, 0.717) is 13.1 Å². The van der Waals surface area contributed by atoms with Gasteiger partial charge in [0.25, 0.3) is 0 Å². The van der Waals surface area contributed by atoms with Crippen molar-refractivity contribution in [3.05, 3.63) is 59.7 Å². The second-order valence-corrected chi connectivity index (χ2v) is 7.39. The Labute approximate surface area is 167 Å². The predicted molar refractivity (Wildman–Crippen MR) is 114 cm³/mol. The van der Waals surface area contributed by atoms with Crippen molar-refractivity contribution < 1.29 is 9.59 Å². The van der Waals surface area contributed by atoms with Crippen LogP contribution in [0.3, 0.4) is 0 Å². The molecule has 1 N–H and O–H groups in total. The Hall–Kier alpha value is -2.82. The molecule has 3 rings (SSSR count). The quantitative estimate of drug-likeness (QED) is 0.799. The van der Waals surface area contributed by atoms with Gasteiger partial charge in [0.1, 0.15) is 0 Å². The Morgan fingerprint density at radius 1 is 1.00 bits per heavy atom. The van der Waals surface area contributed by atoms with Gasteiger partial charge in [-0.25, -0.2) is 0 Å². The Bertz CT molecular complexity index is 794. The predicted octanol–water partition coefficient (Wildman–Crippen LogP) is 3.65. The number of anilines is 2. The molecule has 1 aliphatic rings. The average molecular weight is 380 g/mol. The normalized spacial score (nSPS) is 13.4. The smallest absolute Gasteiger partial charge is 0.223 e. The van der Waals surface area contributed by atoms with Crippen LogP contribution in [0.4, 0.5) is 11.4 Å². The second-order valence-electron chi connectivity index (χ2n) is 7.39. The zero-order valence-corrected chi connectivity index (χ0v) is 16.8. The standard InChI is InChI=1S/C23H29N3O2/c1-18-5-7-20(8-6-18)17-24-23(28)13-16-26(19(2)27)22-11-9-21(10-12-22)25-14-3-4-15-25/h5-12H,3-4,13-17H2,1-2H3,(H,24,28). The summed E-state index contributed by atoms with van der Waals surface area (Å²) in [5.41, 5.74) is 4.30. The van der Waals surface area contributed by atoms with Crippen molar-refractivity contribution in [1.29, 1.82) is 0 Å². The van der Waals surface area contributed by atoms with Gasteiger partial charge >= 0.3 is 0 Å². The number of rotatable bonds is 7. The molecule has 1 aliphatic heterocycles. The highest BCUT2D eigenvalue weighted by atomic mass is 16.2. The van der Waals surface area contributed by atoms with Crippen LogP contribution in [0.5, 0.6) is 0 Å². The van der Waals surface area contributed by atoms with Gasteiger partial charge in [-0.2, -0.15) is 0 Å². The van der Waals surface area contributed by atoms with E-state index in [0.717, 1.165) is 24.3 Å². The minimum atomic E-state index is -0.0553. The van der Waals surface area contributed by atoms with E-state index in [1.165, 1.54) is 24.1 Å². The fourth-order valence-electron chi connectivity index (χ4n) is 3.50. The van der Waals surface area contributed by atoms with Crippen molar-refractivity contribution in [2.75, 3.05) is 29.4 Å². The molecule has 28 heavy (non-hydrogen) atoms. The Balaban J connectivity index is 1.53. The van der Waals surface area contributed by atoms with Crippen molar-refractivity contribution in [1.82, 2.24) is 5.32 Å². The molecule has 0 unspecified atom stereocenters. The van der Waals surface area contributed by atoms with Crippen molar-refractivity contribution in [2.45, 2.75) is 39.7 Å². The van der Waals surface area contributed by atoms with Crippen molar-refractivity contribution in [3.63, 3.8) is 0 Å². The number of nitrogens with zero attached hydrogens (tertiary/aromatic N) is 2. The fraction of sp³-hybridized carbons (Fsp3) is 0.391. The van der Waals surface area contributed by atoms with Crippen molar-refractivity contribution in [2.24, 2.45) is 0 Å². The van der Waals surface area contributed by atoms with E-state index >= 15 is 0 Å². The summed E-state index contributed by atoms with van der Waals surface area (Å²) < 4.78 is 0. The van der Waals surface area contributed by atoms with Crippen LogP contribution in [0.1, 0.15) is 37.3 Å². The summed E-state index contributed by atoms with van der Waals surface area (Å²) in [5.74, 6) is -0.110. The fourth-order valence-corrected chi connectivity index (χ4v) is 3.50. The van der Waals surface area contributed by atoms with Crippen LogP contribution in [-0.2, 0) is 16.1 Å². The van der Waals surface area contributed by atoms with Crippen LogP contribution >= 0.6 is 0 Å². The van der Waals surface area contributed by atoms with Crippen LogP contribution in [0, 0.1) is 6.92 Å². The second kappa shape index (κ2) is 9.40. The number of nitrogens with one attached hydrogen (secondary N) is 1. The van der Waals surface area contributed by atoms with Crippen LogP contribution in [-0.4, -0.2) is 31.4 Å². The summed E-state index contributed by atoms with van der Waals surface area (Å²) in [4.78, 5) is 28.3. The first-order valence-electron chi connectivity index (χ1n) is 9.98. The SMILES string of the molecule is CC(=O)N(CCC(=O)NCc1ccc(C)cc1)c1ccc(N2CCCC2)cc1. The Morgan fingerprint density at radius 2 is 1.64 bits per heavy atom. The number of aryl methyl sites for hydroxylation is 1. The van der Waals surface area contributed by atoms with Gasteiger partial charge in [0.05, 0.1) is 0 Å². The molecule has 1 heterocycles. The molecule has 2 aromatic carbocycles. The molecule has 0 saturated carbocycles. The molecule has 0 aliphatic carbocycles. The van der Waals surface area contributed by atoms with Crippen molar-refractivity contribution in [3.8, 4) is 0 Å². The lowest BCUT2D eigenvalue weighted by atomic mass is 10.1. The molecular formula is C23H29N3O2. The molecule has 1 saturated heterocycles. The molecule has 1 fully saturated rings. The molecule has 2 amide bonds. The first-order chi connectivity index (χ1) is 13.5. The van der Waals surface area contributed by atoms with Gasteiger partial charge in [0.15, 0.2) is 0 Å². The monoisotopic (exact) mass is 379 g/mol. The highest BCUT2D eigenvalue weighted by Gasteiger charge is 2.16. The summed E-state index contributed by atoms with van der Waals surface area (Å²) in [6, 6.07) is 16.2. The third-order valence-corrected chi connectivity index (χ3v) is 5.19. The summed E-state index contributed by atoms with van der Waals surface area (Å²) in [7, 11) is 0. The zero-order chi connectivity index (χ0) is 19.9. The molecule has 0 aromatic heterocycles. The third kappa shape index (κ3) is 5.35. The lowest BCUT2D eigenvalue weighted by Crippen LogP contribution is -2.33. The van der Waals surface area contributed by atoms with E-state index in [1.54, 1.807) is 11.8 Å². The number of hydrogen-bond donors (Lipinski definition) is 1. The number of hydrogen-bond acceptors (Lipinski definition) is 3. The molecule has 5 heteroatoms. The molecule has 0 radical (unpaired) electrons. The molecular weight excluding hydrogens is 350 g/mol. The van der Waals surface area contributed by atoms with Crippen molar-refractivity contribution >= 4 is 23.2 Å². The maximum atomic E-state index is 12.2. The van der Waals surface area contributed by atoms with Crippen LogP contribution in [0.25, 0.3) is 0 Å². The Kier molecular flexibility index (Phi) is 6.69. The largest absolute Gasteiger partial charge is 0.372 e. The number of carbonyl (C=O) groups is 2. The third-order valence-electron chi connectivity index (χ3n) is 5.19. The van der Waals surface area contributed by atoms with Gasteiger partial charge < -0.3 is 15.1 Å². The molecule has 5 nitrogen and oxygen atoms in total. The maximum absolute atomic E-state index is 12.2. The minimum Gasteiger partial charge on any atom is -0.372 e. The first kappa shape index (κ1) is 19.9. The van der Waals surface area contributed by atoms with E-state index in [9.17, 15) is 9.59 Å². The van der Waals surface area contributed by atoms with E-state index in [2.05, 4.69) is 22.3 Å². The molecule has 0 bridgehead atoms. The lowest BCUT2D eigenvalue weighted by molar-refractivity contribution is -0.121. The Morgan fingerprint density at radius 3 is 2.25 bits per heavy atom. The average Bonchev–Trinajstić information content (AvgIpc) is 3.23. The number of carbonyl (C=O) groups excluding carboxylic acids is 2. The molecule has 0 atom stereocenters. The lowest BCUT2D eigenvalue weighted by Gasteiger charge is -2.23. The summed E-state index contributed by atoms with van der Waals surface area (Å²) >= 11 is 0. The molecule has 0 spiro atoms. The summed E-state index contributed by atoms with van der Waals surface area (Å²) in [6.07, 6.45) is 2.75. The zero-order valence-electron chi connectivity index (χ0n) is 16.8. The van der Waals surface area contributed by atoms with Gasteiger partial charge in [-0.3, -0.25) is 9.59 Å². The van der Waals surface area contributed by atoms with Crippen LogP contribution in [0.15, 0.2) is 48.5 Å². The topological polar surface area (TPSA) is 52.7 Å². The number of benzene rings is 2. The molecule has 2 aromatic rings. The number of amides is 2. The van der Waals surface area contributed by atoms with Crippen LogP contribution < -0.4 is 15.1 Å². The highest BCUT2D eigenvalue weighted by molar-refractivity contribution is 5.92. The summed E-state index contributed by atoms with van der Waals surface area (Å²) in [6.45, 7) is 6.64. The van der Waals surface area contributed by atoms with E-state index in [-0.39, 0.29) is 18.2 Å². The van der Waals surface area contributed by atoms with E-state index in [4.69, 9.17) is 0 Å². The van der Waals surface area contributed by atoms with Gasteiger partial charge in [-0.05, 0) is 49.6 Å². The summed E-state index contributed by atoms with van der Waals surface area (Å²) in [5, 5.41) is 2.93. The van der Waals surface area contributed by atoms with Gasteiger partial charge in [-0.15, -0.1) is 0 Å². The highest BCUT2D eigenvalue weighted by Crippen LogP contribution is 2.24.